The van der Waals surface area contributed by atoms with E-state index in [1.165, 1.54) is 0 Å². The summed E-state index contributed by atoms with van der Waals surface area (Å²) < 4.78 is 0. The summed E-state index contributed by atoms with van der Waals surface area (Å²) in [5.74, 6) is -0.379. The standard InChI is InChI=1S/C13H23NO3/c1-3-5-11(7-8-13(16)17)9-10-14-12(15)6-4-2/h4,11H,2-3,5-10H2,1H3,(H,14,15)(H,16,17). The van der Waals surface area contributed by atoms with E-state index in [0.29, 0.717) is 25.3 Å². The Morgan fingerprint density at radius 3 is 2.59 bits per heavy atom. The van der Waals surface area contributed by atoms with E-state index in [4.69, 9.17) is 5.11 Å². The Morgan fingerprint density at radius 2 is 2.06 bits per heavy atom. The molecule has 98 valence electrons. The van der Waals surface area contributed by atoms with Crippen LogP contribution in [0.2, 0.25) is 0 Å². The Bertz CT molecular complexity index is 251. The Morgan fingerprint density at radius 1 is 1.35 bits per heavy atom. The van der Waals surface area contributed by atoms with E-state index in [1.807, 2.05) is 0 Å². The highest BCUT2D eigenvalue weighted by atomic mass is 16.4. The molecule has 0 saturated carbocycles. The second-order valence-corrected chi connectivity index (χ2v) is 4.22. The third-order valence-electron chi connectivity index (χ3n) is 2.67. The predicted molar refractivity (Wildman–Crippen MR) is 67.7 cm³/mol. The Balaban J connectivity index is 3.79. The third kappa shape index (κ3) is 9.60. The molecule has 1 atom stereocenters. The maximum atomic E-state index is 11.2. The molecule has 0 spiro atoms. The van der Waals surface area contributed by atoms with Crippen LogP contribution in [0.25, 0.3) is 0 Å². The van der Waals surface area contributed by atoms with Crippen molar-refractivity contribution in [1.82, 2.24) is 5.32 Å². The van der Waals surface area contributed by atoms with Gasteiger partial charge in [-0.3, -0.25) is 9.59 Å². The maximum Gasteiger partial charge on any atom is 0.303 e. The van der Waals surface area contributed by atoms with Gasteiger partial charge in [0.2, 0.25) is 5.91 Å². The summed E-state index contributed by atoms with van der Waals surface area (Å²) in [5, 5.41) is 11.4. The van der Waals surface area contributed by atoms with Crippen LogP contribution in [-0.2, 0) is 9.59 Å². The van der Waals surface area contributed by atoms with E-state index < -0.39 is 5.97 Å². The first kappa shape index (κ1) is 15.7. The number of carboxylic acid groups (broad SMARTS) is 1. The summed E-state index contributed by atoms with van der Waals surface area (Å²) >= 11 is 0. The van der Waals surface area contributed by atoms with Crippen molar-refractivity contribution in [3.05, 3.63) is 12.7 Å². The van der Waals surface area contributed by atoms with Crippen molar-refractivity contribution in [2.75, 3.05) is 6.54 Å². The molecular weight excluding hydrogens is 218 g/mol. The summed E-state index contributed by atoms with van der Waals surface area (Å²) in [4.78, 5) is 21.7. The van der Waals surface area contributed by atoms with Gasteiger partial charge in [0, 0.05) is 19.4 Å². The first-order valence-corrected chi connectivity index (χ1v) is 6.19. The van der Waals surface area contributed by atoms with Crippen molar-refractivity contribution in [3.63, 3.8) is 0 Å². The van der Waals surface area contributed by atoms with Gasteiger partial charge in [0.25, 0.3) is 0 Å². The van der Waals surface area contributed by atoms with Gasteiger partial charge in [-0.2, -0.15) is 0 Å². The van der Waals surface area contributed by atoms with Crippen molar-refractivity contribution in [2.24, 2.45) is 5.92 Å². The Kier molecular flexibility index (Phi) is 9.11. The molecule has 1 unspecified atom stereocenters. The molecule has 0 saturated heterocycles. The lowest BCUT2D eigenvalue weighted by atomic mass is 9.94. The predicted octanol–water partition coefficient (Wildman–Crippen LogP) is 2.35. The average molecular weight is 241 g/mol. The number of carbonyl (C=O) groups is 2. The molecule has 0 radical (unpaired) electrons. The molecule has 2 N–H and O–H groups in total. The van der Waals surface area contributed by atoms with Crippen LogP contribution in [0.15, 0.2) is 12.7 Å². The molecule has 0 aromatic rings. The molecular formula is C13H23NO3. The molecule has 0 bridgehead atoms. The van der Waals surface area contributed by atoms with Crippen molar-refractivity contribution >= 4 is 11.9 Å². The minimum atomic E-state index is -0.748. The number of hydrogen-bond donors (Lipinski definition) is 2. The van der Waals surface area contributed by atoms with E-state index in [2.05, 4.69) is 18.8 Å². The zero-order valence-electron chi connectivity index (χ0n) is 10.6. The lowest BCUT2D eigenvalue weighted by Crippen LogP contribution is -2.25. The number of rotatable bonds is 10. The summed E-state index contributed by atoms with van der Waals surface area (Å²) in [6, 6.07) is 0. The molecule has 4 heteroatoms. The Hall–Kier alpha value is -1.32. The van der Waals surface area contributed by atoms with E-state index in [0.717, 1.165) is 19.3 Å². The van der Waals surface area contributed by atoms with Gasteiger partial charge < -0.3 is 10.4 Å². The van der Waals surface area contributed by atoms with Gasteiger partial charge in [-0.25, -0.2) is 0 Å². The Labute approximate surface area is 103 Å². The molecule has 1 amide bonds. The molecule has 0 rings (SSSR count). The largest absolute Gasteiger partial charge is 0.481 e. The topological polar surface area (TPSA) is 66.4 Å². The summed E-state index contributed by atoms with van der Waals surface area (Å²) in [7, 11) is 0. The van der Waals surface area contributed by atoms with Gasteiger partial charge in [-0.15, -0.1) is 6.58 Å². The van der Waals surface area contributed by atoms with Gasteiger partial charge >= 0.3 is 5.97 Å². The van der Waals surface area contributed by atoms with Crippen molar-refractivity contribution in [2.45, 2.75) is 45.4 Å². The zero-order valence-corrected chi connectivity index (χ0v) is 10.6. The van der Waals surface area contributed by atoms with Gasteiger partial charge in [-0.1, -0.05) is 25.8 Å². The number of carbonyl (C=O) groups excluding carboxylic acids is 1. The van der Waals surface area contributed by atoms with Crippen LogP contribution >= 0.6 is 0 Å². The van der Waals surface area contributed by atoms with E-state index in [9.17, 15) is 9.59 Å². The second-order valence-electron chi connectivity index (χ2n) is 4.22. The average Bonchev–Trinajstić information content (AvgIpc) is 2.26. The van der Waals surface area contributed by atoms with E-state index in [1.54, 1.807) is 6.08 Å². The summed E-state index contributed by atoms with van der Waals surface area (Å²) in [6.45, 7) is 6.21. The monoisotopic (exact) mass is 241 g/mol. The molecule has 4 nitrogen and oxygen atoms in total. The highest BCUT2D eigenvalue weighted by molar-refractivity contribution is 5.77. The smallest absolute Gasteiger partial charge is 0.303 e. The molecule has 17 heavy (non-hydrogen) atoms. The first-order valence-electron chi connectivity index (χ1n) is 6.19. The SMILES string of the molecule is C=CCC(=O)NCCC(CCC)CCC(=O)O. The van der Waals surface area contributed by atoms with Crippen LogP contribution < -0.4 is 5.32 Å². The molecule has 0 aromatic heterocycles. The highest BCUT2D eigenvalue weighted by Gasteiger charge is 2.10. The minimum Gasteiger partial charge on any atom is -0.481 e. The van der Waals surface area contributed by atoms with Gasteiger partial charge in [0.15, 0.2) is 0 Å². The van der Waals surface area contributed by atoms with Gasteiger partial charge in [0.1, 0.15) is 0 Å². The number of carboxylic acids is 1. The van der Waals surface area contributed by atoms with E-state index in [-0.39, 0.29) is 12.3 Å². The van der Waals surface area contributed by atoms with Crippen LogP contribution in [0.4, 0.5) is 0 Å². The molecule has 0 aliphatic heterocycles. The van der Waals surface area contributed by atoms with Crippen LogP contribution in [0.1, 0.15) is 45.4 Å². The normalized spacial score (nSPS) is 11.8. The fourth-order valence-corrected chi connectivity index (χ4v) is 1.79. The number of nitrogens with one attached hydrogen (secondary N) is 1. The maximum absolute atomic E-state index is 11.2. The van der Waals surface area contributed by atoms with E-state index >= 15 is 0 Å². The second kappa shape index (κ2) is 9.87. The number of hydrogen-bond acceptors (Lipinski definition) is 2. The van der Waals surface area contributed by atoms with Crippen LogP contribution in [0.5, 0.6) is 0 Å². The summed E-state index contributed by atoms with van der Waals surface area (Å²) in [5.41, 5.74) is 0. The quantitative estimate of drug-likeness (QED) is 0.577. The van der Waals surface area contributed by atoms with Crippen LogP contribution in [-0.4, -0.2) is 23.5 Å². The van der Waals surface area contributed by atoms with Crippen molar-refractivity contribution in [3.8, 4) is 0 Å². The van der Waals surface area contributed by atoms with Crippen LogP contribution in [0.3, 0.4) is 0 Å². The fraction of sp³-hybridized carbons (Fsp3) is 0.692. The zero-order chi connectivity index (χ0) is 13.1. The molecule has 0 heterocycles. The van der Waals surface area contributed by atoms with Crippen molar-refractivity contribution in [1.29, 1.82) is 0 Å². The highest BCUT2D eigenvalue weighted by Crippen LogP contribution is 2.17. The van der Waals surface area contributed by atoms with Gasteiger partial charge in [-0.05, 0) is 18.8 Å². The van der Waals surface area contributed by atoms with Crippen molar-refractivity contribution < 1.29 is 14.7 Å². The molecule has 0 fully saturated rings. The number of aliphatic carboxylic acids is 1. The molecule has 0 aliphatic rings. The third-order valence-corrected chi connectivity index (χ3v) is 2.67. The number of amides is 1. The summed E-state index contributed by atoms with van der Waals surface area (Å²) in [6.07, 6.45) is 5.74. The lowest BCUT2D eigenvalue weighted by Gasteiger charge is -2.15. The first-order chi connectivity index (χ1) is 8.10. The van der Waals surface area contributed by atoms with Gasteiger partial charge in [0.05, 0.1) is 0 Å². The minimum absolute atomic E-state index is 0.0199. The lowest BCUT2D eigenvalue weighted by molar-refractivity contribution is -0.137. The molecule has 0 aliphatic carbocycles. The fourth-order valence-electron chi connectivity index (χ4n) is 1.79. The van der Waals surface area contributed by atoms with Crippen LogP contribution in [0, 0.1) is 5.92 Å². The molecule has 0 aromatic carbocycles.